The monoisotopic (exact) mass is 337 g/mol. The molecule has 0 spiro atoms. The average molecular weight is 338 g/mol. The fraction of sp³-hybridized carbons (Fsp3) is 0. The normalized spacial score (nSPS) is 13.7. The molecule has 1 aliphatic rings. The van der Waals surface area contributed by atoms with Gasteiger partial charge in [0.2, 0.25) is 0 Å². The smallest absolute Gasteiger partial charge is 0.296 e. The van der Waals surface area contributed by atoms with Gasteiger partial charge in [0.1, 0.15) is 4.90 Å². The number of benzene rings is 2. The number of fused-ring (bicyclic) bond motifs is 2. The van der Waals surface area contributed by atoms with Gasteiger partial charge in [-0.25, -0.2) is 0 Å². The van der Waals surface area contributed by atoms with Crippen LogP contribution in [0.25, 0.3) is 0 Å². The number of carbonyl (C=O) groups is 2. The van der Waals surface area contributed by atoms with Crippen LogP contribution in [0, 0.1) is 0 Å². The van der Waals surface area contributed by atoms with Gasteiger partial charge in [-0.2, -0.15) is 8.42 Å². The Morgan fingerprint density at radius 1 is 1.00 bits per heavy atom. The molecule has 0 heterocycles. The minimum atomic E-state index is -4.68. The topological polar surface area (TPSA) is 115 Å². The van der Waals surface area contributed by atoms with E-state index >= 15 is 0 Å². The molecule has 0 atom stereocenters. The molecule has 2 aromatic carbocycles. The van der Waals surface area contributed by atoms with Crippen molar-refractivity contribution in [3.8, 4) is 0 Å². The third-order valence-corrected chi connectivity index (χ3v) is 4.62. The molecule has 2 aromatic rings. The molecule has 0 radical (unpaired) electrons. The summed E-state index contributed by atoms with van der Waals surface area (Å²) in [6.07, 6.45) is 0. The molecule has 22 heavy (non-hydrogen) atoms. The van der Waals surface area contributed by atoms with E-state index in [0.29, 0.717) is 0 Å². The minimum absolute atomic E-state index is 0.107. The molecular weight excluding hydrogens is 330 g/mol. The van der Waals surface area contributed by atoms with Crippen LogP contribution in [0.2, 0.25) is 5.02 Å². The summed E-state index contributed by atoms with van der Waals surface area (Å²) in [5.41, 5.74) is 5.02. The van der Waals surface area contributed by atoms with Crippen LogP contribution in [0.1, 0.15) is 31.8 Å². The highest BCUT2D eigenvalue weighted by molar-refractivity contribution is 7.86. The zero-order valence-corrected chi connectivity index (χ0v) is 12.4. The van der Waals surface area contributed by atoms with E-state index in [0.717, 1.165) is 6.07 Å². The van der Waals surface area contributed by atoms with E-state index in [1.807, 2.05) is 0 Å². The molecule has 0 saturated carbocycles. The van der Waals surface area contributed by atoms with Crippen LogP contribution >= 0.6 is 11.6 Å². The van der Waals surface area contributed by atoms with Gasteiger partial charge in [-0.15, -0.1) is 0 Å². The van der Waals surface area contributed by atoms with E-state index in [9.17, 15) is 22.6 Å². The third kappa shape index (κ3) is 1.94. The summed E-state index contributed by atoms with van der Waals surface area (Å²) in [6.45, 7) is 0. The van der Waals surface area contributed by atoms with E-state index in [2.05, 4.69) is 0 Å². The summed E-state index contributed by atoms with van der Waals surface area (Å²) in [4.78, 5) is 24.3. The fourth-order valence-electron chi connectivity index (χ4n) is 2.46. The molecular formula is C14H8ClNO5S. The Kier molecular flexibility index (Phi) is 3.10. The second kappa shape index (κ2) is 4.64. The molecule has 0 fully saturated rings. The van der Waals surface area contributed by atoms with Gasteiger partial charge in [-0.3, -0.25) is 14.1 Å². The number of halogens is 1. The number of nitrogen functional groups attached to an aromatic ring is 1. The first-order valence-corrected chi connectivity index (χ1v) is 7.83. The Balaban J connectivity index is 2.44. The molecule has 0 aromatic heterocycles. The lowest BCUT2D eigenvalue weighted by Gasteiger charge is -2.21. The van der Waals surface area contributed by atoms with E-state index in [1.54, 1.807) is 12.1 Å². The van der Waals surface area contributed by atoms with Crippen molar-refractivity contribution in [1.29, 1.82) is 0 Å². The Morgan fingerprint density at radius 2 is 1.50 bits per heavy atom. The predicted octanol–water partition coefficient (Wildman–Crippen LogP) is 1.94. The van der Waals surface area contributed by atoms with Crippen LogP contribution in [0.4, 0.5) is 5.69 Å². The first kappa shape index (κ1) is 14.7. The van der Waals surface area contributed by atoms with Crippen molar-refractivity contribution in [2.45, 2.75) is 4.90 Å². The Morgan fingerprint density at radius 3 is 2.00 bits per heavy atom. The molecule has 3 N–H and O–H groups in total. The highest BCUT2D eigenvalue weighted by Crippen LogP contribution is 2.38. The first-order valence-electron chi connectivity index (χ1n) is 6.01. The molecule has 6 nitrogen and oxygen atoms in total. The maximum Gasteiger partial charge on any atom is 0.296 e. The Bertz CT molecular complexity index is 965. The van der Waals surface area contributed by atoms with Gasteiger partial charge in [-0.05, 0) is 6.07 Å². The number of ketones is 2. The second-order valence-electron chi connectivity index (χ2n) is 4.70. The van der Waals surface area contributed by atoms with E-state index in [1.165, 1.54) is 12.1 Å². The average Bonchev–Trinajstić information content (AvgIpc) is 2.45. The van der Waals surface area contributed by atoms with Crippen LogP contribution in [-0.2, 0) is 10.1 Å². The number of hydrogen-bond acceptors (Lipinski definition) is 5. The molecule has 1 aliphatic carbocycles. The van der Waals surface area contributed by atoms with Gasteiger partial charge in [0, 0.05) is 11.1 Å². The number of rotatable bonds is 1. The lowest BCUT2D eigenvalue weighted by molar-refractivity contribution is 0.0979. The summed E-state index contributed by atoms with van der Waals surface area (Å²) in [7, 11) is -4.68. The molecule has 0 saturated heterocycles. The maximum absolute atomic E-state index is 12.5. The minimum Gasteiger partial charge on any atom is -0.397 e. The molecule has 0 bridgehead atoms. The number of hydrogen-bond donors (Lipinski definition) is 2. The summed E-state index contributed by atoms with van der Waals surface area (Å²) in [6, 6.07) is 6.94. The highest BCUT2D eigenvalue weighted by Gasteiger charge is 2.35. The quantitative estimate of drug-likeness (QED) is 0.518. The van der Waals surface area contributed by atoms with Gasteiger partial charge >= 0.3 is 0 Å². The number of carbonyl (C=O) groups excluding carboxylic acids is 2. The van der Waals surface area contributed by atoms with Crippen molar-refractivity contribution in [3.05, 3.63) is 57.6 Å². The van der Waals surface area contributed by atoms with Crippen molar-refractivity contribution in [3.63, 3.8) is 0 Å². The van der Waals surface area contributed by atoms with Gasteiger partial charge in [0.25, 0.3) is 10.1 Å². The summed E-state index contributed by atoms with van der Waals surface area (Å²) >= 11 is 5.95. The zero-order chi connectivity index (χ0) is 16.2. The summed E-state index contributed by atoms with van der Waals surface area (Å²) in [5, 5.41) is -0.260. The zero-order valence-electron chi connectivity index (χ0n) is 10.8. The standard InChI is InChI=1S/C14H8ClNO5S/c15-8-5-9(22(19,20)21)12(16)11-10(8)13(17)6-3-1-2-4-7(6)14(11)18/h1-5H,16H2,(H,19,20,21). The van der Waals surface area contributed by atoms with Gasteiger partial charge in [0.05, 0.1) is 21.8 Å². The fourth-order valence-corrected chi connectivity index (χ4v) is 3.46. The van der Waals surface area contributed by atoms with Crippen LogP contribution in [-0.4, -0.2) is 24.5 Å². The summed E-state index contributed by atoms with van der Waals surface area (Å²) in [5.74, 6) is -1.14. The van der Waals surface area contributed by atoms with Crippen molar-refractivity contribution >= 4 is 39.0 Å². The second-order valence-corrected chi connectivity index (χ2v) is 6.50. The molecule has 0 amide bonds. The van der Waals surface area contributed by atoms with Gasteiger partial charge in [0.15, 0.2) is 11.6 Å². The lowest BCUT2D eigenvalue weighted by atomic mass is 9.83. The largest absolute Gasteiger partial charge is 0.397 e. The van der Waals surface area contributed by atoms with Crippen molar-refractivity contribution in [2.75, 3.05) is 5.73 Å². The first-order chi connectivity index (χ1) is 10.2. The molecule has 8 heteroatoms. The van der Waals surface area contributed by atoms with Gasteiger partial charge in [-0.1, -0.05) is 35.9 Å². The summed E-state index contributed by atoms with van der Waals surface area (Å²) < 4.78 is 31.9. The van der Waals surface area contributed by atoms with Crippen LogP contribution < -0.4 is 5.73 Å². The van der Waals surface area contributed by atoms with Crippen LogP contribution in [0.5, 0.6) is 0 Å². The Labute approximate surface area is 130 Å². The highest BCUT2D eigenvalue weighted by atomic mass is 35.5. The van der Waals surface area contributed by atoms with E-state index in [-0.39, 0.29) is 27.3 Å². The predicted molar refractivity (Wildman–Crippen MR) is 79.0 cm³/mol. The lowest BCUT2D eigenvalue weighted by Crippen LogP contribution is -2.24. The van der Waals surface area contributed by atoms with E-state index in [4.69, 9.17) is 17.3 Å². The molecule has 112 valence electrons. The SMILES string of the molecule is Nc1c(S(=O)(=O)O)cc(Cl)c2c1C(=O)c1ccccc1C2=O. The number of nitrogens with two attached hydrogens (primary N) is 1. The Hall–Kier alpha value is -2.22. The van der Waals surface area contributed by atoms with Crippen LogP contribution in [0.3, 0.4) is 0 Å². The molecule has 3 rings (SSSR count). The maximum atomic E-state index is 12.5. The number of anilines is 1. The van der Waals surface area contributed by atoms with Crippen molar-refractivity contribution < 1.29 is 22.6 Å². The van der Waals surface area contributed by atoms with E-state index < -0.39 is 32.3 Å². The van der Waals surface area contributed by atoms with Crippen LogP contribution in [0.15, 0.2) is 35.2 Å². The third-order valence-electron chi connectivity index (χ3n) is 3.43. The van der Waals surface area contributed by atoms with Crippen molar-refractivity contribution in [1.82, 2.24) is 0 Å². The van der Waals surface area contributed by atoms with Crippen molar-refractivity contribution in [2.24, 2.45) is 0 Å². The molecule has 0 aliphatic heterocycles. The molecule has 0 unspecified atom stereocenters. The van der Waals surface area contributed by atoms with Gasteiger partial charge < -0.3 is 5.73 Å².